The number of carbonyl (C=O) groups excluding carboxylic acids is 2. The highest BCUT2D eigenvalue weighted by molar-refractivity contribution is 6.12. The molecule has 0 fully saturated rings. The molecule has 0 saturated carbocycles. The van der Waals surface area contributed by atoms with E-state index >= 15 is 0 Å². The van der Waals surface area contributed by atoms with E-state index in [0.29, 0.717) is 40.4 Å². The minimum absolute atomic E-state index is 0.127. The highest BCUT2D eigenvalue weighted by Crippen LogP contribution is 2.23. The molecule has 1 aliphatic rings. The number of pyridine rings is 1. The molecule has 32 heavy (non-hydrogen) atoms. The molecule has 3 aromatic rings. The molecule has 4 rings (SSSR count). The molecule has 2 amide bonds. The van der Waals surface area contributed by atoms with Crippen molar-refractivity contribution in [2.24, 2.45) is 0 Å². The summed E-state index contributed by atoms with van der Waals surface area (Å²) < 4.78 is 7.19. The predicted octanol–water partition coefficient (Wildman–Crippen LogP) is 1.50. The van der Waals surface area contributed by atoms with E-state index < -0.39 is 0 Å². The average Bonchev–Trinajstić information content (AvgIpc) is 3.32. The van der Waals surface area contributed by atoms with Crippen LogP contribution in [0, 0.1) is 0 Å². The Labute approximate surface area is 184 Å². The van der Waals surface area contributed by atoms with Crippen molar-refractivity contribution >= 4 is 34.6 Å². The smallest absolute Gasteiger partial charge is 0.253 e. The third-order valence-electron chi connectivity index (χ3n) is 5.01. The molecular formula is C21H24N8O3. The van der Waals surface area contributed by atoms with Gasteiger partial charge < -0.3 is 15.8 Å². The Hall–Kier alpha value is -4.02. The zero-order valence-electron chi connectivity index (χ0n) is 17.9. The molecule has 0 bridgehead atoms. The Balaban J connectivity index is 1.56. The van der Waals surface area contributed by atoms with Crippen molar-refractivity contribution in [1.82, 2.24) is 29.6 Å². The molecule has 0 aliphatic carbocycles. The van der Waals surface area contributed by atoms with Crippen LogP contribution in [0.15, 0.2) is 30.6 Å². The molecule has 11 nitrogen and oxygen atoms in total. The zero-order chi connectivity index (χ0) is 22.7. The number of unbranched alkanes of at least 4 members (excludes halogenated alkanes) is 1. The SMILES string of the molecule is CCCCNc1nc(N)nc2cn(Cc3ncc(CN4C(=O)C=CC4=O)cc3OC)nc12. The number of imide groups is 1. The van der Waals surface area contributed by atoms with Crippen LogP contribution in [0.2, 0.25) is 0 Å². The number of ether oxygens (including phenoxy) is 1. The number of nitrogen functional groups attached to an aromatic ring is 1. The molecule has 3 N–H and O–H groups in total. The number of anilines is 2. The van der Waals surface area contributed by atoms with Crippen LogP contribution in [0.4, 0.5) is 11.8 Å². The second-order valence-electron chi connectivity index (χ2n) is 7.36. The lowest BCUT2D eigenvalue weighted by atomic mass is 10.2. The summed E-state index contributed by atoms with van der Waals surface area (Å²) in [5.74, 6) is 0.621. The molecular weight excluding hydrogens is 412 g/mol. The minimum Gasteiger partial charge on any atom is -0.495 e. The van der Waals surface area contributed by atoms with Crippen LogP contribution in [-0.4, -0.2) is 55.1 Å². The van der Waals surface area contributed by atoms with E-state index in [1.54, 1.807) is 30.3 Å². The van der Waals surface area contributed by atoms with E-state index in [4.69, 9.17) is 10.5 Å². The largest absolute Gasteiger partial charge is 0.495 e. The third-order valence-corrected chi connectivity index (χ3v) is 5.01. The number of fused-ring (bicyclic) bond motifs is 1. The van der Waals surface area contributed by atoms with Gasteiger partial charge in [-0.25, -0.2) is 4.98 Å². The van der Waals surface area contributed by atoms with Crippen molar-refractivity contribution in [3.8, 4) is 5.75 Å². The number of amides is 2. The molecule has 4 heterocycles. The summed E-state index contributed by atoms with van der Waals surface area (Å²) in [5, 5.41) is 7.87. The molecule has 11 heteroatoms. The Morgan fingerprint density at radius 3 is 2.66 bits per heavy atom. The first kappa shape index (κ1) is 21.2. The van der Waals surface area contributed by atoms with E-state index in [2.05, 4.69) is 32.3 Å². The van der Waals surface area contributed by atoms with Gasteiger partial charge in [0.15, 0.2) is 11.3 Å². The molecule has 0 radical (unpaired) electrons. The first-order valence-corrected chi connectivity index (χ1v) is 10.3. The number of nitrogens with zero attached hydrogens (tertiary/aromatic N) is 6. The second kappa shape index (κ2) is 9.00. The number of carbonyl (C=O) groups is 2. The molecule has 166 valence electrons. The molecule has 0 saturated heterocycles. The van der Waals surface area contributed by atoms with Gasteiger partial charge in [0.2, 0.25) is 5.95 Å². The maximum absolute atomic E-state index is 11.8. The van der Waals surface area contributed by atoms with Crippen LogP contribution in [0.25, 0.3) is 11.0 Å². The molecule has 3 aromatic heterocycles. The summed E-state index contributed by atoms with van der Waals surface area (Å²) in [6, 6.07) is 1.76. The maximum atomic E-state index is 11.8. The summed E-state index contributed by atoms with van der Waals surface area (Å²) in [6.07, 6.45) is 7.97. The van der Waals surface area contributed by atoms with Gasteiger partial charge in [-0.1, -0.05) is 13.3 Å². The highest BCUT2D eigenvalue weighted by atomic mass is 16.5. The monoisotopic (exact) mass is 436 g/mol. The van der Waals surface area contributed by atoms with E-state index in [1.165, 1.54) is 12.2 Å². The van der Waals surface area contributed by atoms with Gasteiger partial charge in [-0.3, -0.25) is 24.2 Å². The summed E-state index contributed by atoms with van der Waals surface area (Å²) in [7, 11) is 1.54. The topological polar surface area (TPSA) is 141 Å². The Morgan fingerprint density at radius 1 is 1.16 bits per heavy atom. The van der Waals surface area contributed by atoms with Crippen LogP contribution in [-0.2, 0) is 22.7 Å². The van der Waals surface area contributed by atoms with E-state index in [9.17, 15) is 9.59 Å². The molecule has 0 atom stereocenters. The van der Waals surface area contributed by atoms with Crippen LogP contribution >= 0.6 is 0 Å². The van der Waals surface area contributed by atoms with E-state index in [-0.39, 0.29) is 24.3 Å². The Kier molecular flexibility index (Phi) is 5.97. The highest BCUT2D eigenvalue weighted by Gasteiger charge is 2.24. The number of nitrogens with one attached hydrogen (secondary N) is 1. The first-order valence-electron chi connectivity index (χ1n) is 10.3. The first-order chi connectivity index (χ1) is 15.5. The van der Waals surface area contributed by atoms with Gasteiger partial charge in [-0.15, -0.1) is 0 Å². The Morgan fingerprint density at radius 2 is 1.94 bits per heavy atom. The summed E-state index contributed by atoms with van der Waals surface area (Å²) in [5.41, 5.74) is 8.44. The fourth-order valence-corrected chi connectivity index (χ4v) is 3.38. The molecule has 0 aromatic carbocycles. The summed E-state index contributed by atoms with van der Waals surface area (Å²) >= 11 is 0. The van der Waals surface area contributed by atoms with Crippen molar-refractivity contribution in [3.63, 3.8) is 0 Å². The fourth-order valence-electron chi connectivity index (χ4n) is 3.38. The van der Waals surface area contributed by atoms with Crippen LogP contribution in [0.5, 0.6) is 5.75 Å². The number of rotatable bonds is 9. The van der Waals surface area contributed by atoms with E-state index in [1.807, 2.05) is 0 Å². The van der Waals surface area contributed by atoms with Crippen molar-refractivity contribution in [2.75, 3.05) is 24.7 Å². The van der Waals surface area contributed by atoms with Gasteiger partial charge in [0, 0.05) is 24.9 Å². The summed E-state index contributed by atoms with van der Waals surface area (Å²) in [4.78, 5) is 37.8. The molecule has 0 unspecified atom stereocenters. The lowest BCUT2D eigenvalue weighted by molar-refractivity contribution is -0.137. The summed E-state index contributed by atoms with van der Waals surface area (Å²) in [6.45, 7) is 3.34. The van der Waals surface area contributed by atoms with Gasteiger partial charge in [-0.05, 0) is 18.1 Å². The van der Waals surface area contributed by atoms with Gasteiger partial charge in [0.05, 0.1) is 26.4 Å². The quantitative estimate of drug-likeness (QED) is 0.377. The third kappa shape index (κ3) is 4.36. The number of aromatic nitrogens is 5. The molecule has 1 aliphatic heterocycles. The van der Waals surface area contributed by atoms with E-state index in [0.717, 1.165) is 24.3 Å². The zero-order valence-corrected chi connectivity index (χ0v) is 17.9. The number of nitrogens with two attached hydrogens (primary N) is 1. The van der Waals surface area contributed by atoms with Crippen molar-refractivity contribution < 1.29 is 14.3 Å². The predicted molar refractivity (Wildman–Crippen MR) is 118 cm³/mol. The number of hydrogen-bond donors (Lipinski definition) is 2. The van der Waals surface area contributed by atoms with Crippen LogP contribution in [0.1, 0.15) is 31.0 Å². The maximum Gasteiger partial charge on any atom is 0.253 e. The average molecular weight is 436 g/mol. The fraction of sp³-hybridized carbons (Fsp3) is 0.333. The number of hydrogen-bond acceptors (Lipinski definition) is 9. The van der Waals surface area contributed by atoms with Crippen LogP contribution in [0.3, 0.4) is 0 Å². The Bertz CT molecular complexity index is 1190. The lowest BCUT2D eigenvalue weighted by Crippen LogP contribution is -2.29. The minimum atomic E-state index is -0.343. The second-order valence-corrected chi connectivity index (χ2v) is 7.36. The van der Waals surface area contributed by atoms with Gasteiger partial charge >= 0.3 is 0 Å². The van der Waals surface area contributed by atoms with Crippen molar-refractivity contribution in [1.29, 1.82) is 0 Å². The van der Waals surface area contributed by atoms with Crippen molar-refractivity contribution in [2.45, 2.75) is 32.9 Å². The van der Waals surface area contributed by atoms with Gasteiger partial charge in [0.25, 0.3) is 11.8 Å². The lowest BCUT2D eigenvalue weighted by Gasteiger charge is -2.15. The van der Waals surface area contributed by atoms with Crippen LogP contribution < -0.4 is 15.8 Å². The van der Waals surface area contributed by atoms with Gasteiger partial charge in [0.1, 0.15) is 17.0 Å². The number of methoxy groups -OCH3 is 1. The molecule has 0 spiro atoms. The van der Waals surface area contributed by atoms with Gasteiger partial charge in [-0.2, -0.15) is 10.1 Å². The van der Waals surface area contributed by atoms with Crippen molar-refractivity contribution in [3.05, 3.63) is 41.9 Å². The standard InChI is InChI=1S/C21H24N8O3/c1-3-4-7-23-20-19-15(25-21(22)26-20)12-28(27-19)11-14-16(32-2)8-13(9-24-14)10-29-17(30)5-6-18(29)31/h5-6,8-9,12H,3-4,7,10-11H2,1-2H3,(H3,22,23,25,26). The normalized spacial score (nSPS) is 13.4.